The number of aliphatic carboxylic acids is 1. The normalized spacial score (nSPS) is 11.9. The second kappa shape index (κ2) is 7.11. The van der Waals surface area contributed by atoms with Crippen LogP contribution < -0.4 is 4.74 Å². The van der Waals surface area contributed by atoms with E-state index in [1.54, 1.807) is 19.1 Å². The molecule has 0 aromatic heterocycles. The molecule has 0 saturated heterocycles. The minimum absolute atomic E-state index is 0.0183. The zero-order valence-corrected chi connectivity index (χ0v) is 11.2. The molecule has 0 bridgehead atoms. The number of aliphatic hydroxyl groups excluding tert-OH is 1. The lowest BCUT2D eigenvalue weighted by atomic mass is 9.98. The van der Waals surface area contributed by atoms with Crippen molar-refractivity contribution in [3.8, 4) is 5.75 Å². The van der Waals surface area contributed by atoms with Gasteiger partial charge in [0.2, 0.25) is 0 Å². The Kier molecular flexibility index (Phi) is 5.79. The van der Waals surface area contributed by atoms with E-state index in [0.717, 1.165) is 0 Å². The summed E-state index contributed by atoms with van der Waals surface area (Å²) in [7, 11) is 0. The van der Waals surface area contributed by atoms with Crippen LogP contribution in [0.2, 0.25) is 0 Å². The van der Waals surface area contributed by atoms with Crippen LogP contribution in [-0.2, 0) is 16.0 Å². The number of ether oxygens (including phenoxy) is 1. The summed E-state index contributed by atoms with van der Waals surface area (Å²) >= 11 is 5.42. The van der Waals surface area contributed by atoms with Gasteiger partial charge in [-0.3, -0.25) is 4.79 Å². The molecule has 0 aliphatic rings. The van der Waals surface area contributed by atoms with Gasteiger partial charge in [-0.1, -0.05) is 6.07 Å². The first-order chi connectivity index (χ1) is 8.99. The molecule has 0 fully saturated rings. The molecular weight excluding hydrogens is 272 g/mol. The van der Waals surface area contributed by atoms with E-state index >= 15 is 0 Å². The van der Waals surface area contributed by atoms with Crippen LogP contribution in [0.1, 0.15) is 24.2 Å². The third kappa shape index (κ3) is 4.22. The fourth-order valence-electron chi connectivity index (χ4n) is 1.64. The summed E-state index contributed by atoms with van der Waals surface area (Å²) < 4.78 is 5.25. The number of Topliss-reactive ketones (excluding diaryl/α,β-unsaturated/α-hetero) is 1. The van der Waals surface area contributed by atoms with Crippen LogP contribution in [0.3, 0.4) is 0 Å². The molecule has 0 radical (unpaired) electrons. The summed E-state index contributed by atoms with van der Waals surface area (Å²) in [5, 5.41) is 18.5. The number of carboxylic acid groups (broad SMARTS) is 1. The smallest absolute Gasteiger partial charge is 0.337 e. The van der Waals surface area contributed by atoms with Crippen molar-refractivity contribution in [2.45, 2.75) is 19.4 Å². The van der Waals surface area contributed by atoms with Crippen molar-refractivity contribution in [1.29, 1.82) is 0 Å². The summed E-state index contributed by atoms with van der Waals surface area (Å²) in [6.45, 7) is 2.21. The lowest BCUT2D eigenvalue weighted by Crippen LogP contribution is -2.15. The van der Waals surface area contributed by atoms with Gasteiger partial charge in [-0.15, -0.1) is 11.6 Å². The second-order valence-corrected chi connectivity index (χ2v) is 4.15. The largest absolute Gasteiger partial charge is 0.494 e. The van der Waals surface area contributed by atoms with E-state index in [0.29, 0.717) is 17.9 Å². The molecule has 0 saturated carbocycles. The Balaban J connectivity index is 3.14. The quantitative estimate of drug-likeness (QED) is 0.743. The predicted molar refractivity (Wildman–Crippen MR) is 69.6 cm³/mol. The Bertz CT molecular complexity index is 472. The molecule has 0 amide bonds. The molecule has 0 heterocycles. The highest BCUT2D eigenvalue weighted by Gasteiger charge is 2.21. The SMILES string of the molecule is CCOc1ccc(CC(=O)CCl)c(C(O)C(=O)O)c1. The van der Waals surface area contributed by atoms with Crippen LogP contribution in [0, 0.1) is 0 Å². The molecule has 0 aliphatic heterocycles. The van der Waals surface area contributed by atoms with Crippen molar-refractivity contribution in [3.05, 3.63) is 29.3 Å². The summed E-state index contributed by atoms with van der Waals surface area (Å²) in [5.74, 6) is -1.34. The first-order valence-corrected chi connectivity index (χ1v) is 6.27. The monoisotopic (exact) mass is 286 g/mol. The number of aliphatic hydroxyl groups is 1. The maximum Gasteiger partial charge on any atom is 0.337 e. The average Bonchev–Trinajstić information content (AvgIpc) is 2.39. The molecule has 6 heteroatoms. The first-order valence-electron chi connectivity index (χ1n) is 5.73. The lowest BCUT2D eigenvalue weighted by molar-refractivity contribution is -0.147. The molecule has 1 aromatic rings. The predicted octanol–water partition coefficient (Wildman–Crippen LogP) is 1.55. The number of hydrogen-bond acceptors (Lipinski definition) is 4. The fourth-order valence-corrected chi connectivity index (χ4v) is 1.73. The van der Waals surface area contributed by atoms with Gasteiger partial charge in [0.05, 0.1) is 12.5 Å². The average molecular weight is 287 g/mol. The van der Waals surface area contributed by atoms with E-state index in [-0.39, 0.29) is 23.6 Å². The molecule has 1 unspecified atom stereocenters. The standard InChI is InChI=1S/C13H15ClO5/c1-2-19-10-4-3-8(5-9(15)7-14)11(6-10)12(16)13(17)18/h3-4,6,12,16H,2,5,7H2,1H3,(H,17,18). The highest BCUT2D eigenvalue weighted by molar-refractivity contribution is 6.27. The second-order valence-electron chi connectivity index (χ2n) is 3.88. The van der Waals surface area contributed by atoms with E-state index in [2.05, 4.69) is 0 Å². The van der Waals surface area contributed by atoms with Gasteiger partial charge in [0.1, 0.15) is 5.75 Å². The van der Waals surface area contributed by atoms with Gasteiger partial charge in [0, 0.05) is 6.42 Å². The zero-order valence-electron chi connectivity index (χ0n) is 10.4. The Morgan fingerprint density at radius 1 is 1.42 bits per heavy atom. The topological polar surface area (TPSA) is 83.8 Å². The van der Waals surface area contributed by atoms with Crippen molar-refractivity contribution < 1.29 is 24.5 Å². The molecule has 5 nitrogen and oxygen atoms in total. The number of carboxylic acids is 1. The summed E-state index contributed by atoms with van der Waals surface area (Å²) in [6.07, 6.45) is -1.71. The molecule has 2 N–H and O–H groups in total. The van der Waals surface area contributed by atoms with Crippen molar-refractivity contribution in [3.63, 3.8) is 0 Å². The van der Waals surface area contributed by atoms with Crippen LogP contribution in [0.5, 0.6) is 5.75 Å². The van der Waals surface area contributed by atoms with Crippen molar-refractivity contribution in [2.75, 3.05) is 12.5 Å². The number of halogens is 1. The van der Waals surface area contributed by atoms with Gasteiger partial charge in [-0.25, -0.2) is 4.79 Å². The molecule has 0 aliphatic carbocycles. The fraction of sp³-hybridized carbons (Fsp3) is 0.385. The minimum atomic E-state index is -1.70. The maximum atomic E-state index is 11.3. The van der Waals surface area contributed by atoms with Crippen molar-refractivity contribution >= 4 is 23.4 Å². The molecule has 1 aromatic carbocycles. The molecular formula is C13H15ClO5. The molecule has 1 atom stereocenters. The molecule has 0 spiro atoms. The number of alkyl halides is 1. The van der Waals surface area contributed by atoms with Crippen LogP contribution in [0.15, 0.2) is 18.2 Å². The summed E-state index contributed by atoms with van der Waals surface area (Å²) in [4.78, 5) is 22.2. The Morgan fingerprint density at radius 2 is 2.11 bits per heavy atom. The van der Waals surface area contributed by atoms with Gasteiger partial charge in [-0.2, -0.15) is 0 Å². The maximum absolute atomic E-state index is 11.3. The molecule has 104 valence electrons. The Hall–Kier alpha value is -1.59. The van der Waals surface area contributed by atoms with E-state index in [4.69, 9.17) is 21.4 Å². The summed E-state index contributed by atoms with van der Waals surface area (Å²) in [6, 6.07) is 4.62. The van der Waals surface area contributed by atoms with Crippen LogP contribution in [0.4, 0.5) is 0 Å². The number of hydrogen-bond donors (Lipinski definition) is 2. The number of carbonyl (C=O) groups excluding carboxylic acids is 1. The zero-order chi connectivity index (χ0) is 14.4. The Labute approximate surface area is 115 Å². The van der Waals surface area contributed by atoms with E-state index in [1.165, 1.54) is 6.07 Å². The first kappa shape index (κ1) is 15.5. The van der Waals surface area contributed by atoms with Gasteiger partial charge in [0.25, 0.3) is 0 Å². The van der Waals surface area contributed by atoms with Gasteiger partial charge in [0.15, 0.2) is 11.9 Å². The highest BCUT2D eigenvalue weighted by atomic mass is 35.5. The number of benzene rings is 1. The van der Waals surface area contributed by atoms with Crippen molar-refractivity contribution in [1.82, 2.24) is 0 Å². The third-order valence-electron chi connectivity index (χ3n) is 2.49. The number of ketones is 1. The molecule has 19 heavy (non-hydrogen) atoms. The van der Waals surface area contributed by atoms with Gasteiger partial charge in [-0.05, 0) is 30.2 Å². The Morgan fingerprint density at radius 3 is 2.63 bits per heavy atom. The van der Waals surface area contributed by atoms with Crippen molar-refractivity contribution in [2.24, 2.45) is 0 Å². The number of carbonyl (C=O) groups is 2. The van der Waals surface area contributed by atoms with E-state index < -0.39 is 12.1 Å². The van der Waals surface area contributed by atoms with Crippen LogP contribution >= 0.6 is 11.6 Å². The molecule has 1 rings (SSSR count). The van der Waals surface area contributed by atoms with E-state index in [9.17, 15) is 14.7 Å². The van der Waals surface area contributed by atoms with Gasteiger partial charge < -0.3 is 14.9 Å². The third-order valence-corrected chi connectivity index (χ3v) is 2.79. The van der Waals surface area contributed by atoms with E-state index in [1.807, 2.05) is 0 Å². The van der Waals surface area contributed by atoms with Crippen LogP contribution in [-0.4, -0.2) is 34.5 Å². The lowest BCUT2D eigenvalue weighted by Gasteiger charge is -2.14. The van der Waals surface area contributed by atoms with Crippen LogP contribution in [0.25, 0.3) is 0 Å². The summed E-state index contributed by atoms with van der Waals surface area (Å²) in [5.41, 5.74) is 0.584. The number of rotatable bonds is 7. The van der Waals surface area contributed by atoms with Gasteiger partial charge >= 0.3 is 5.97 Å². The highest BCUT2D eigenvalue weighted by Crippen LogP contribution is 2.25. The minimum Gasteiger partial charge on any atom is -0.494 e.